The topological polar surface area (TPSA) is 39.1 Å². The molecule has 104 valence electrons. The molecule has 1 aliphatic carbocycles. The number of hydrogen-bond acceptors (Lipinski definition) is 3. The smallest absolute Gasteiger partial charge is 0.143 e. The van der Waals surface area contributed by atoms with Gasteiger partial charge in [0.2, 0.25) is 0 Å². The molecule has 0 spiro atoms. The number of hydrogen-bond donors (Lipinski definition) is 1. The van der Waals surface area contributed by atoms with E-state index in [0.29, 0.717) is 12.6 Å². The van der Waals surface area contributed by atoms with E-state index in [9.17, 15) is 0 Å². The van der Waals surface area contributed by atoms with E-state index in [2.05, 4.69) is 33.1 Å². The van der Waals surface area contributed by atoms with E-state index in [1.807, 2.05) is 12.5 Å². The van der Waals surface area contributed by atoms with Crippen molar-refractivity contribution >= 4 is 5.69 Å². The molecule has 1 N–H and O–H groups in total. The lowest BCUT2D eigenvalue weighted by Gasteiger charge is -2.21. The number of nitrogens with zero attached hydrogens (tertiary/aromatic N) is 2. The molecule has 2 aliphatic rings. The van der Waals surface area contributed by atoms with Gasteiger partial charge in [0, 0.05) is 12.6 Å². The maximum Gasteiger partial charge on any atom is 0.143 e. The number of fused-ring (bicyclic) bond motifs is 1. The van der Waals surface area contributed by atoms with Crippen LogP contribution in [-0.2, 0) is 13.0 Å². The van der Waals surface area contributed by atoms with E-state index < -0.39 is 0 Å². The quantitative estimate of drug-likeness (QED) is 0.926. The molecule has 1 aromatic carbocycles. The molecule has 0 unspecified atom stereocenters. The highest BCUT2D eigenvalue weighted by Gasteiger charge is 2.25. The first-order chi connectivity index (χ1) is 9.92. The fraction of sp³-hybridized carbons (Fsp3) is 0.438. The van der Waals surface area contributed by atoms with Gasteiger partial charge >= 0.3 is 0 Å². The molecule has 0 saturated heterocycles. The summed E-state index contributed by atoms with van der Waals surface area (Å²) >= 11 is 0. The number of para-hydroxylation sites is 1. The van der Waals surface area contributed by atoms with Gasteiger partial charge in [0.25, 0.3) is 0 Å². The molecule has 0 bridgehead atoms. The largest absolute Gasteiger partial charge is 0.485 e. The number of imidazole rings is 1. The average molecular weight is 269 g/mol. The van der Waals surface area contributed by atoms with Gasteiger partial charge in [-0.1, -0.05) is 12.1 Å². The fourth-order valence-corrected chi connectivity index (χ4v) is 2.88. The Morgan fingerprint density at radius 1 is 1.35 bits per heavy atom. The van der Waals surface area contributed by atoms with Crippen LogP contribution in [0.3, 0.4) is 0 Å². The van der Waals surface area contributed by atoms with Crippen LogP contribution in [0.4, 0.5) is 5.69 Å². The zero-order valence-corrected chi connectivity index (χ0v) is 11.5. The Hall–Kier alpha value is -1.97. The summed E-state index contributed by atoms with van der Waals surface area (Å²) in [7, 11) is 0. The second-order valence-corrected chi connectivity index (χ2v) is 5.63. The van der Waals surface area contributed by atoms with Gasteiger partial charge in [-0.25, -0.2) is 4.98 Å². The van der Waals surface area contributed by atoms with Crippen molar-refractivity contribution in [2.75, 3.05) is 11.9 Å². The predicted octanol–water partition coefficient (Wildman–Crippen LogP) is 3.16. The molecule has 4 nitrogen and oxygen atoms in total. The Morgan fingerprint density at radius 2 is 2.30 bits per heavy atom. The molecule has 4 rings (SSSR count). The molecule has 0 radical (unpaired) electrons. The number of benzene rings is 1. The van der Waals surface area contributed by atoms with Gasteiger partial charge in [-0.2, -0.15) is 0 Å². The van der Waals surface area contributed by atoms with Crippen molar-refractivity contribution < 1.29 is 4.74 Å². The molecule has 2 heterocycles. The third-order valence-electron chi connectivity index (χ3n) is 4.10. The zero-order chi connectivity index (χ0) is 13.4. The van der Waals surface area contributed by atoms with Gasteiger partial charge in [0.15, 0.2) is 0 Å². The Kier molecular flexibility index (Phi) is 2.87. The van der Waals surface area contributed by atoms with Crippen molar-refractivity contribution in [3.8, 4) is 5.75 Å². The molecular formula is C16H19N3O. The SMILES string of the molecule is c1cc2c(c(OCc3cncn3C3CC3)c1)NCCC2. The van der Waals surface area contributed by atoms with E-state index >= 15 is 0 Å². The van der Waals surface area contributed by atoms with Crippen LogP contribution in [0.25, 0.3) is 0 Å². The number of rotatable bonds is 4. The van der Waals surface area contributed by atoms with Gasteiger partial charge in [0.1, 0.15) is 12.4 Å². The van der Waals surface area contributed by atoms with E-state index in [0.717, 1.165) is 18.7 Å². The van der Waals surface area contributed by atoms with Crippen molar-refractivity contribution in [1.29, 1.82) is 0 Å². The standard InChI is InChI=1S/C16H19N3O/c1-3-12-4-2-8-18-16(12)15(5-1)20-10-14-9-17-11-19(14)13-6-7-13/h1,3,5,9,11,13,18H,2,4,6-8,10H2. The van der Waals surface area contributed by atoms with E-state index in [4.69, 9.17) is 4.74 Å². The number of ether oxygens (including phenoxy) is 1. The Labute approximate surface area is 118 Å². The lowest BCUT2D eigenvalue weighted by molar-refractivity contribution is 0.295. The summed E-state index contributed by atoms with van der Waals surface area (Å²) in [6.45, 7) is 1.63. The molecule has 4 heteroatoms. The maximum atomic E-state index is 6.04. The third-order valence-corrected chi connectivity index (χ3v) is 4.10. The van der Waals surface area contributed by atoms with E-state index in [1.54, 1.807) is 0 Å². The molecule has 1 saturated carbocycles. The minimum Gasteiger partial charge on any atom is -0.485 e. The highest BCUT2D eigenvalue weighted by molar-refractivity contribution is 5.63. The minimum atomic E-state index is 0.592. The van der Waals surface area contributed by atoms with Gasteiger partial charge in [-0.3, -0.25) is 0 Å². The first-order valence-electron chi connectivity index (χ1n) is 7.41. The summed E-state index contributed by atoms with van der Waals surface area (Å²) in [5.41, 5.74) is 3.71. The fourth-order valence-electron chi connectivity index (χ4n) is 2.88. The minimum absolute atomic E-state index is 0.592. The maximum absolute atomic E-state index is 6.04. The number of nitrogens with one attached hydrogen (secondary N) is 1. The van der Waals surface area contributed by atoms with Gasteiger partial charge in [-0.05, 0) is 37.3 Å². The van der Waals surface area contributed by atoms with Crippen molar-refractivity contribution in [1.82, 2.24) is 9.55 Å². The molecule has 1 aliphatic heterocycles. The van der Waals surface area contributed by atoms with Crippen LogP contribution in [0.1, 0.15) is 36.6 Å². The van der Waals surface area contributed by atoms with Crippen LogP contribution in [0, 0.1) is 0 Å². The van der Waals surface area contributed by atoms with Crippen LogP contribution in [0.2, 0.25) is 0 Å². The van der Waals surface area contributed by atoms with Crippen molar-refractivity contribution in [2.24, 2.45) is 0 Å². The summed E-state index contributed by atoms with van der Waals surface area (Å²) < 4.78 is 8.30. The van der Waals surface area contributed by atoms with Gasteiger partial charge in [-0.15, -0.1) is 0 Å². The zero-order valence-electron chi connectivity index (χ0n) is 11.5. The van der Waals surface area contributed by atoms with Crippen LogP contribution in [-0.4, -0.2) is 16.1 Å². The normalized spacial score (nSPS) is 17.4. The Bertz CT molecular complexity index is 616. The molecule has 1 fully saturated rings. The monoisotopic (exact) mass is 269 g/mol. The number of aromatic nitrogens is 2. The van der Waals surface area contributed by atoms with Gasteiger partial charge in [0.05, 0.1) is 23.9 Å². The lowest BCUT2D eigenvalue weighted by Crippen LogP contribution is -2.13. The second-order valence-electron chi connectivity index (χ2n) is 5.63. The molecule has 1 aromatic heterocycles. The Balaban J connectivity index is 1.53. The summed E-state index contributed by atoms with van der Waals surface area (Å²) in [6.07, 6.45) is 8.72. The van der Waals surface area contributed by atoms with Crippen molar-refractivity contribution in [3.63, 3.8) is 0 Å². The summed E-state index contributed by atoms with van der Waals surface area (Å²) in [6, 6.07) is 6.97. The highest BCUT2D eigenvalue weighted by atomic mass is 16.5. The molecule has 20 heavy (non-hydrogen) atoms. The predicted molar refractivity (Wildman–Crippen MR) is 78.1 cm³/mol. The van der Waals surface area contributed by atoms with E-state index in [-0.39, 0.29) is 0 Å². The van der Waals surface area contributed by atoms with Crippen molar-refractivity contribution in [2.45, 2.75) is 38.3 Å². The summed E-state index contributed by atoms with van der Waals surface area (Å²) in [5, 5.41) is 3.46. The first kappa shape index (κ1) is 11.8. The van der Waals surface area contributed by atoms with Crippen LogP contribution < -0.4 is 10.1 Å². The average Bonchev–Trinajstić information content (AvgIpc) is 3.24. The molecule has 0 atom stereocenters. The van der Waals surface area contributed by atoms with Gasteiger partial charge < -0.3 is 14.6 Å². The van der Waals surface area contributed by atoms with Crippen LogP contribution >= 0.6 is 0 Å². The van der Waals surface area contributed by atoms with Crippen LogP contribution in [0.15, 0.2) is 30.7 Å². The third kappa shape index (κ3) is 2.15. The molecule has 0 amide bonds. The van der Waals surface area contributed by atoms with E-state index in [1.165, 1.54) is 36.2 Å². The molecule has 2 aromatic rings. The Morgan fingerprint density at radius 3 is 3.20 bits per heavy atom. The number of anilines is 1. The van der Waals surface area contributed by atoms with Crippen LogP contribution in [0.5, 0.6) is 5.75 Å². The molecular weight excluding hydrogens is 250 g/mol. The second kappa shape index (κ2) is 4.85. The highest BCUT2D eigenvalue weighted by Crippen LogP contribution is 2.36. The summed E-state index contributed by atoms with van der Waals surface area (Å²) in [5.74, 6) is 0.964. The van der Waals surface area contributed by atoms with Crippen molar-refractivity contribution in [3.05, 3.63) is 42.0 Å². The first-order valence-corrected chi connectivity index (χ1v) is 7.41. The lowest BCUT2D eigenvalue weighted by atomic mass is 10.0. The summed E-state index contributed by atoms with van der Waals surface area (Å²) in [4.78, 5) is 4.25. The number of aryl methyl sites for hydroxylation is 1.